The second kappa shape index (κ2) is 11.8. The van der Waals surface area contributed by atoms with E-state index in [2.05, 4.69) is 19.9 Å². The Labute approximate surface area is 191 Å². The zero-order valence-corrected chi connectivity index (χ0v) is 19.3. The number of hydrogen-bond donors (Lipinski definition) is 3. The van der Waals surface area contributed by atoms with Crippen molar-refractivity contribution in [1.29, 1.82) is 0 Å². The average molecular weight is 459 g/mol. The summed E-state index contributed by atoms with van der Waals surface area (Å²) in [4.78, 5) is 41.6. The number of amides is 1. The van der Waals surface area contributed by atoms with E-state index < -0.39 is 11.9 Å². The van der Waals surface area contributed by atoms with Crippen LogP contribution in [0.4, 0.5) is 0 Å². The Hall–Kier alpha value is -3.73. The average Bonchev–Trinajstić information content (AvgIpc) is 3.20. The Bertz CT molecular complexity index is 1080. The van der Waals surface area contributed by atoms with Crippen molar-refractivity contribution in [3.63, 3.8) is 0 Å². The van der Waals surface area contributed by atoms with Crippen LogP contribution in [0.5, 0.6) is 0 Å². The van der Waals surface area contributed by atoms with E-state index in [0.717, 1.165) is 62.6 Å². The molecule has 3 N–H and O–H groups in total. The lowest BCUT2D eigenvalue weighted by molar-refractivity contribution is -0.135. The van der Waals surface area contributed by atoms with E-state index in [1.165, 1.54) is 0 Å². The minimum Gasteiger partial charge on any atom is -0.481 e. The highest BCUT2D eigenvalue weighted by Gasteiger charge is 2.20. The molecular weight excluding hydrogens is 428 g/mol. The smallest absolute Gasteiger partial charge is 0.300 e. The van der Waals surface area contributed by atoms with Crippen molar-refractivity contribution in [2.24, 2.45) is 7.05 Å². The third-order valence-corrected chi connectivity index (χ3v) is 4.74. The number of aryl methyl sites for hydroxylation is 1. The molecule has 0 spiro atoms. The summed E-state index contributed by atoms with van der Waals surface area (Å²) in [6.45, 7) is 5.28. The van der Waals surface area contributed by atoms with Gasteiger partial charge in [0.15, 0.2) is 0 Å². The number of carbonyl (C=O) groups is 3. The quantitative estimate of drug-likeness (QED) is 0.534. The molecule has 1 aromatic carbocycles. The Balaban J connectivity index is 0.000000420. The van der Waals surface area contributed by atoms with E-state index in [1.54, 1.807) is 11.9 Å². The summed E-state index contributed by atoms with van der Waals surface area (Å²) in [7, 11) is 3.78. The third kappa shape index (κ3) is 7.42. The second-order valence-electron chi connectivity index (χ2n) is 7.51. The highest BCUT2D eigenvalue weighted by atomic mass is 16.4. The summed E-state index contributed by atoms with van der Waals surface area (Å²) in [5.41, 5.74) is 2.53. The van der Waals surface area contributed by atoms with Gasteiger partial charge in [-0.25, -0.2) is 9.97 Å². The summed E-state index contributed by atoms with van der Waals surface area (Å²) in [6, 6.07) is 7.99. The topological polar surface area (TPSA) is 143 Å². The maximum Gasteiger partial charge on any atom is 0.300 e. The molecule has 11 heteroatoms. The first-order valence-corrected chi connectivity index (χ1v) is 10.4. The van der Waals surface area contributed by atoms with E-state index in [9.17, 15) is 4.79 Å². The standard InChI is InChI=1S/C18H22N6O.2C2H4O2/c1-22(12-17-20-13-5-3-4-6-15(13)23(17)2)18(25)14-11-24-10-9-19-8-7-16(24)21-14;2*1-2(3)4/h3-6,11,19H,7-10,12H2,1-2H3;2*1H3,(H,3,4). The number of nitrogens with one attached hydrogen (secondary N) is 1. The van der Waals surface area contributed by atoms with Crippen molar-refractivity contribution in [2.45, 2.75) is 33.4 Å². The molecule has 4 rings (SSSR count). The molecule has 0 radical (unpaired) electrons. The first kappa shape index (κ1) is 25.5. The number of carboxylic acid groups (broad SMARTS) is 2. The highest BCUT2D eigenvalue weighted by Crippen LogP contribution is 2.16. The van der Waals surface area contributed by atoms with Gasteiger partial charge in [-0.3, -0.25) is 14.4 Å². The predicted molar refractivity (Wildman–Crippen MR) is 122 cm³/mol. The molecule has 3 aromatic rings. The second-order valence-corrected chi connectivity index (χ2v) is 7.51. The SMILES string of the molecule is CC(=O)O.CC(=O)O.CN(Cc1nc2ccccc2n1C)C(=O)c1cn2c(n1)CCNCC2. The predicted octanol–water partition coefficient (Wildman–Crippen LogP) is 1.37. The number of carboxylic acids is 2. The number of hydrogen-bond acceptors (Lipinski definition) is 6. The van der Waals surface area contributed by atoms with Crippen LogP contribution in [0.25, 0.3) is 11.0 Å². The summed E-state index contributed by atoms with van der Waals surface area (Å²) in [5.74, 6) is 0.104. The van der Waals surface area contributed by atoms with Gasteiger partial charge < -0.3 is 29.6 Å². The van der Waals surface area contributed by atoms with Gasteiger partial charge in [-0.2, -0.15) is 0 Å². The number of aliphatic carboxylic acids is 2. The van der Waals surface area contributed by atoms with Crippen LogP contribution in [0.2, 0.25) is 0 Å². The Kier molecular flexibility index (Phi) is 9.10. The fourth-order valence-electron chi connectivity index (χ4n) is 3.29. The summed E-state index contributed by atoms with van der Waals surface area (Å²) >= 11 is 0. The molecule has 33 heavy (non-hydrogen) atoms. The van der Waals surface area contributed by atoms with E-state index in [0.29, 0.717) is 12.2 Å². The first-order valence-electron chi connectivity index (χ1n) is 10.4. The maximum absolute atomic E-state index is 12.8. The Morgan fingerprint density at radius 1 is 1.09 bits per heavy atom. The van der Waals surface area contributed by atoms with E-state index in [-0.39, 0.29) is 5.91 Å². The number of benzene rings is 1. The molecule has 3 heterocycles. The largest absolute Gasteiger partial charge is 0.481 e. The van der Waals surface area contributed by atoms with Crippen LogP contribution in [0.3, 0.4) is 0 Å². The fourth-order valence-corrected chi connectivity index (χ4v) is 3.29. The monoisotopic (exact) mass is 458 g/mol. The van der Waals surface area contributed by atoms with Crippen LogP contribution in [0.1, 0.15) is 36.0 Å². The molecule has 11 nitrogen and oxygen atoms in total. The lowest BCUT2D eigenvalue weighted by Crippen LogP contribution is -2.28. The minimum absolute atomic E-state index is 0.0689. The molecule has 2 aromatic heterocycles. The lowest BCUT2D eigenvalue weighted by Gasteiger charge is -2.15. The van der Waals surface area contributed by atoms with Crippen LogP contribution < -0.4 is 5.32 Å². The van der Waals surface area contributed by atoms with E-state index in [4.69, 9.17) is 19.8 Å². The van der Waals surface area contributed by atoms with Gasteiger partial charge in [-0.15, -0.1) is 0 Å². The maximum atomic E-state index is 12.8. The van der Waals surface area contributed by atoms with Crippen molar-refractivity contribution >= 4 is 28.9 Å². The van der Waals surface area contributed by atoms with Crippen molar-refractivity contribution in [2.75, 3.05) is 20.1 Å². The number of fused-ring (bicyclic) bond motifs is 2. The molecule has 1 aliphatic rings. The molecule has 0 fully saturated rings. The van der Waals surface area contributed by atoms with Crippen molar-refractivity contribution < 1.29 is 24.6 Å². The number of imidazole rings is 2. The zero-order valence-electron chi connectivity index (χ0n) is 19.3. The van der Waals surface area contributed by atoms with Gasteiger partial charge in [-0.1, -0.05) is 12.1 Å². The van der Waals surface area contributed by atoms with E-state index >= 15 is 0 Å². The van der Waals surface area contributed by atoms with Crippen molar-refractivity contribution in [3.05, 3.63) is 47.8 Å². The number of carbonyl (C=O) groups excluding carboxylic acids is 1. The summed E-state index contributed by atoms with van der Waals surface area (Å²) in [6.07, 6.45) is 2.72. The lowest BCUT2D eigenvalue weighted by atomic mass is 10.3. The summed E-state index contributed by atoms with van der Waals surface area (Å²) in [5, 5.41) is 18.2. The van der Waals surface area contributed by atoms with Crippen LogP contribution in [-0.2, 0) is 36.1 Å². The van der Waals surface area contributed by atoms with E-state index in [1.807, 2.05) is 42.1 Å². The molecule has 0 bridgehead atoms. The van der Waals surface area contributed by atoms with Crippen molar-refractivity contribution in [3.8, 4) is 0 Å². The van der Waals surface area contributed by atoms with Crippen LogP contribution >= 0.6 is 0 Å². The molecule has 0 atom stereocenters. The van der Waals surface area contributed by atoms with Crippen molar-refractivity contribution in [1.82, 2.24) is 29.3 Å². The number of nitrogens with zero attached hydrogens (tertiary/aromatic N) is 5. The molecule has 1 aliphatic heterocycles. The Morgan fingerprint density at radius 2 is 1.73 bits per heavy atom. The molecule has 0 aliphatic carbocycles. The molecule has 0 unspecified atom stereocenters. The number of aromatic nitrogens is 4. The molecule has 0 saturated carbocycles. The number of para-hydroxylation sites is 2. The third-order valence-electron chi connectivity index (χ3n) is 4.74. The van der Waals surface area contributed by atoms with Crippen LogP contribution in [-0.4, -0.2) is 72.2 Å². The van der Waals surface area contributed by atoms with Gasteiger partial charge in [0.2, 0.25) is 0 Å². The van der Waals surface area contributed by atoms with Crippen LogP contribution in [0, 0.1) is 0 Å². The first-order chi connectivity index (χ1) is 15.6. The van der Waals surface area contributed by atoms with Gasteiger partial charge in [0.25, 0.3) is 17.8 Å². The number of rotatable bonds is 3. The Morgan fingerprint density at radius 3 is 2.36 bits per heavy atom. The molecule has 178 valence electrons. The van der Waals surface area contributed by atoms with Gasteiger partial charge in [-0.05, 0) is 12.1 Å². The normalized spacial score (nSPS) is 12.4. The zero-order chi connectivity index (χ0) is 24.5. The van der Waals surface area contributed by atoms with Gasteiger partial charge >= 0.3 is 0 Å². The molecular formula is C22H30N6O5. The van der Waals surface area contributed by atoms with Gasteiger partial charge in [0.05, 0.1) is 17.6 Å². The highest BCUT2D eigenvalue weighted by molar-refractivity contribution is 5.92. The molecule has 0 saturated heterocycles. The fraction of sp³-hybridized carbons (Fsp3) is 0.409. The van der Waals surface area contributed by atoms with Gasteiger partial charge in [0, 0.05) is 60.2 Å². The minimum atomic E-state index is -0.833. The van der Waals surface area contributed by atoms with Gasteiger partial charge in [0.1, 0.15) is 17.3 Å². The summed E-state index contributed by atoms with van der Waals surface area (Å²) < 4.78 is 4.11. The van der Waals surface area contributed by atoms with Crippen LogP contribution in [0.15, 0.2) is 30.5 Å². The molecule has 1 amide bonds.